The molecule has 0 spiro atoms. The molecule has 0 unspecified atom stereocenters. The minimum Gasteiger partial charge on any atom is -0.352 e. The molecule has 1 atom stereocenters. The van der Waals surface area contributed by atoms with Gasteiger partial charge in [-0.1, -0.05) is 54.1 Å². The Bertz CT molecular complexity index is 870. The average molecular weight is 407 g/mol. The standard InChI is InChI=1S/C20H23ClN2O3S/c21-19-10-8-17(9-11-19)15-27(25,26)23-12-4-7-18(14-23)20(24)22-13-16-5-2-1-3-6-16/h1-3,5-6,8-11,18H,4,7,12-15H2,(H,22,24)/t18-/m0/s1. The highest BCUT2D eigenvalue weighted by molar-refractivity contribution is 7.88. The molecule has 0 radical (unpaired) electrons. The quantitative estimate of drug-likeness (QED) is 0.801. The number of nitrogens with one attached hydrogen (secondary N) is 1. The number of carbonyl (C=O) groups excluding carboxylic acids is 1. The highest BCUT2D eigenvalue weighted by Gasteiger charge is 2.32. The molecule has 27 heavy (non-hydrogen) atoms. The van der Waals surface area contributed by atoms with E-state index < -0.39 is 10.0 Å². The van der Waals surface area contributed by atoms with Gasteiger partial charge in [0.1, 0.15) is 0 Å². The molecule has 1 amide bonds. The number of sulfonamides is 1. The summed E-state index contributed by atoms with van der Waals surface area (Å²) in [5.74, 6) is -0.490. The van der Waals surface area contributed by atoms with Crippen molar-refractivity contribution >= 4 is 27.5 Å². The summed E-state index contributed by atoms with van der Waals surface area (Å²) in [4.78, 5) is 12.5. The van der Waals surface area contributed by atoms with Gasteiger partial charge in [0.25, 0.3) is 0 Å². The maximum Gasteiger partial charge on any atom is 0.224 e. The second kappa shape index (κ2) is 8.87. The summed E-state index contributed by atoms with van der Waals surface area (Å²) in [6.07, 6.45) is 1.39. The molecule has 144 valence electrons. The Hall–Kier alpha value is -1.89. The van der Waals surface area contributed by atoms with Crippen LogP contribution in [0.4, 0.5) is 0 Å². The van der Waals surface area contributed by atoms with Gasteiger partial charge in [-0.05, 0) is 36.1 Å². The van der Waals surface area contributed by atoms with Gasteiger partial charge in [0, 0.05) is 24.7 Å². The zero-order valence-corrected chi connectivity index (χ0v) is 16.5. The van der Waals surface area contributed by atoms with Crippen LogP contribution in [0.15, 0.2) is 54.6 Å². The van der Waals surface area contributed by atoms with E-state index in [-0.39, 0.29) is 24.1 Å². The number of piperidine rings is 1. The van der Waals surface area contributed by atoms with E-state index in [4.69, 9.17) is 11.6 Å². The van der Waals surface area contributed by atoms with Crippen molar-refractivity contribution in [1.29, 1.82) is 0 Å². The molecule has 0 aliphatic carbocycles. The SMILES string of the molecule is O=C(NCc1ccccc1)[C@H]1CCCN(S(=O)(=O)Cc2ccc(Cl)cc2)C1. The molecule has 1 N–H and O–H groups in total. The summed E-state index contributed by atoms with van der Waals surface area (Å²) in [5, 5.41) is 3.49. The third kappa shape index (κ3) is 5.54. The average Bonchev–Trinajstić information content (AvgIpc) is 2.68. The largest absolute Gasteiger partial charge is 0.352 e. The molecule has 0 saturated carbocycles. The number of hydrogen-bond donors (Lipinski definition) is 1. The van der Waals surface area contributed by atoms with Crippen LogP contribution in [0.1, 0.15) is 24.0 Å². The van der Waals surface area contributed by atoms with Crippen LogP contribution in [-0.2, 0) is 27.1 Å². The van der Waals surface area contributed by atoms with Crippen molar-refractivity contribution < 1.29 is 13.2 Å². The Labute approximate surface area is 165 Å². The third-order valence-electron chi connectivity index (χ3n) is 4.72. The Morgan fingerprint density at radius 2 is 1.78 bits per heavy atom. The van der Waals surface area contributed by atoms with E-state index >= 15 is 0 Å². The van der Waals surface area contributed by atoms with E-state index in [2.05, 4.69) is 5.32 Å². The van der Waals surface area contributed by atoms with Crippen LogP contribution >= 0.6 is 11.6 Å². The monoisotopic (exact) mass is 406 g/mol. The van der Waals surface area contributed by atoms with Gasteiger partial charge in [-0.25, -0.2) is 12.7 Å². The number of hydrogen-bond acceptors (Lipinski definition) is 3. The van der Waals surface area contributed by atoms with Crippen molar-refractivity contribution in [2.45, 2.75) is 25.1 Å². The smallest absolute Gasteiger partial charge is 0.224 e. The molecule has 0 aromatic heterocycles. The Morgan fingerprint density at radius 3 is 2.48 bits per heavy atom. The molecular formula is C20H23ClN2O3S. The fourth-order valence-electron chi connectivity index (χ4n) is 3.22. The normalized spacial score (nSPS) is 18.2. The Balaban J connectivity index is 1.59. The molecule has 0 bridgehead atoms. The third-order valence-corrected chi connectivity index (χ3v) is 6.79. The van der Waals surface area contributed by atoms with Gasteiger partial charge in [-0.15, -0.1) is 0 Å². The lowest BCUT2D eigenvalue weighted by atomic mass is 9.99. The number of halogens is 1. The van der Waals surface area contributed by atoms with Gasteiger partial charge in [0.15, 0.2) is 0 Å². The first kappa shape index (κ1) is 19.9. The minimum atomic E-state index is -3.47. The summed E-state index contributed by atoms with van der Waals surface area (Å²) in [6.45, 7) is 1.14. The molecule has 1 fully saturated rings. The Kier molecular flexibility index (Phi) is 6.52. The maximum atomic E-state index is 12.7. The van der Waals surface area contributed by atoms with E-state index in [1.807, 2.05) is 30.3 Å². The van der Waals surface area contributed by atoms with Gasteiger partial charge in [0.05, 0.1) is 11.7 Å². The molecule has 3 rings (SSSR count). The number of nitrogens with zero attached hydrogens (tertiary/aromatic N) is 1. The van der Waals surface area contributed by atoms with Crippen molar-refractivity contribution in [2.75, 3.05) is 13.1 Å². The number of rotatable bonds is 6. The topological polar surface area (TPSA) is 66.5 Å². The highest BCUT2D eigenvalue weighted by atomic mass is 35.5. The van der Waals surface area contributed by atoms with Gasteiger partial charge < -0.3 is 5.32 Å². The van der Waals surface area contributed by atoms with Crippen LogP contribution in [-0.4, -0.2) is 31.7 Å². The number of carbonyl (C=O) groups is 1. The first-order valence-corrected chi connectivity index (χ1v) is 11.0. The molecular weight excluding hydrogens is 384 g/mol. The predicted octanol–water partition coefficient (Wildman–Crippen LogP) is 3.20. The zero-order valence-electron chi connectivity index (χ0n) is 15.0. The summed E-state index contributed by atoms with van der Waals surface area (Å²) < 4.78 is 26.9. The summed E-state index contributed by atoms with van der Waals surface area (Å²) >= 11 is 5.86. The highest BCUT2D eigenvalue weighted by Crippen LogP contribution is 2.22. The van der Waals surface area contributed by atoms with E-state index in [1.165, 1.54) is 4.31 Å². The molecule has 1 saturated heterocycles. The fraction of sp³-hybridized carbons (Fsp3) is 0.350. The minimum absolute atomic E-state index is 0.0808. The van der Waals surface area contributed by atoms with Gasteiger partial charge in [-0.3, -0.25) is 4.79 Å². The lowest BCUT2D eigenvalue weighted by molar-refractivity contribution is -0.126. The van der Waals surface area contributed by atoms with E-state index in [9.17, 15) is 13.2 Å². The van der Waals surface area contributed by atoms with E-state index in [0.717, 1.165) is 5.56 Å². The first-order valence-electron chi connectivity index (χ1n) is 8.98. The summed E-state index contributed by atoms with van der Waals surface area (Å²) in [5.41, 5.74) is 1.71. The molecule has 5 nitrogen and oxygen atoms in total. The number of benzene rings is 2. The lowest BCUT2D eigenvalue weighted by Gasteiger charge is -2.31. The van der Waals surface area contributed by atoms with Crippen LogP contribution < -0.4 is 5.32 Å². The van der Waals surface area contributed by atoms with E-state index in [0.29, 0.717) is 36.5 Å². The predicted molar refractivity (Wildman–Crippen MR) is 107 cm³/mol. The Morgan fingerprint density at radius 1 is 1.07 bits per heavy atom. The van der Waals surface area contributed by atoms with Gasteiger partial charge >= 0.3 is 0 Å². The van der Waals surface area contributed by atoms with E-state index in [1.54, 1.807) is 24.3 Å². The van der Waals surface area contributed by atoms with Crippen LogP contribution in [0.25, 0.3) is 0 Å². The van der Waals surface area contributed by atoms with Crippen LogP contribution in [0.3, 0.4) is 0 Å². The summed E-state index contributed by atoms with van der Waals surface area (Å²) in [7, 11) is -3.47. The molecule has 7 heteroatoms. The van der Waals surface area contributed by atoms with Gasteiger partial charge in [0.2, 0.25) is 15.9 Å². The van der Waals surface area contributed by atoms with Crippen molar-refractivity contribution in [2.24, 2.45) is 5.92 Å². The second-order valence-corrected chi connectivity index (χ2v) is 9.19. The van der Waals surface area contributed by atoms with Crippen LogP contribution in [0, 0.1) is 5.92 Å². The fourth-order valence-corrected chi connectivity index (χ4v) is 4.96. The van der Waals surface area contributed by atoms with Crippen LogP contribution in [0.2, 0.25) is 5.02 Å². The van der Waals surface area contributed by atoms with Crippen molar-refractivity contribution in [3.05, 3.63) is 70.7 Å². The first-order chi connectivity index (χ1) is 12.9. The number of amides is 1. The molecule has 1 aliphatic rings. The van der Waals surface area contributed by atoms with Crippen molar-refractivity contribution in [3.8, 4) is 0 Å². The molecule has 1 heterocycles. The van der Waals surface area contributed by atoms with Crippen molar-refractivity contribution in [1.82, 2.24) is 9.62 Å². The summed E-state index contributed by atoms with van der Waals surface area (Å²) in [6, 6.07) is 16.5. The molecule has 2 aromatic rings. The molecule has 1 aliphatic heterocycles. The molecule has 2 aromatic carbocycles. The second-order valence-electron chi connectivity index (χ2n) is 6.78. The zero-order chi connectivity index (χ0) is 19.3. The van der Waals surface area contributed by atoms with Gasteiger partial charge in [-0.2, -0.15) is 0 Å². The van der Waals surface area contributed by atoms with Crippen molar-refractivity contribution in [3.63, 3.8) is 0 Å². The maximum absolute atomic E-state index is 12.7. The lowest BCUT2D eigenvalue weighted by Crippen LogP contribution is -2.45. The van der Waals surface area contributed by atoms with Crippen LogP contribution in [0.5, 0.6) is 0 Å².